The Balaban J connectivity index is 1.84. The summed E-state index contributed by atoms with van der Waals surface area (Å²) in [6, 6.07) is 0. The van der Waals surface area contributed by atoms with Gasteiger partial charge < -0.3 is 11.1 Å². The van der Waals surface area contributed by atoms with E-state index < -0.39 is 0 Å². The van der Waals surface area contributed by atoms with Crippen molar-refractivity contribution in [3.63, 3.8) is 0 Å². The van der Waals surface area contributed by atoms with Crippen molar-refractivity contribution in [2.45, 2.75) is 75.8 Å². The van der Waals surface area contributed by atoms with E-state index in [2.05, 4.69) is 12.2 Å². The molecule has 2 rings (SSSR count). The minimum absolute atomic E-state index is 0.117. The average molecular weight is 224 g/mol. The topological polar surface area (TPSA) is 55.1 Å². The second-order valence-electron chi connectivity index (χ2n) is 5.78. The summed E-state index contributed by atoms with van der Waals surface area (Å²) in [5.74, 6) is 0.172. The molecule has 3 nitrogen and oxygen atoms in total. The second-order valence-corrected chi connectivity index (χ2v) is 5.78. The number of nitrogens with one attached hydrogen (secondary N) is 1. The van der Waals surface area contributed by atoms with Crippen LogP contribution in [0.25, 0.3) is 0 Å². The van der Waals surface area contributed by atoms with Crippen LogP contribution in [0.1, 0.15) is 64.7 Å². The lowest BCUT2D eigenvalue weighted by atomic mass is 9.74. The summed E-state index contributed by atoms with van der Waals surface area (Å²) in [5.41, 5.74) is 6.13. The quantitative estimate of drug-likeness (QED) is 0.768. The van der Waals surface area contributed by atoms with Crippen LogP contribution in [0.4, 0.5) is 0 Å². The molecular formula is C13H24N2O. The summed E-state index contributed by atoms with van der Waals surface area (Å²) < 4.78 is 0. The van der Waals surface area contributed by atoms with Crippen LogP contribution < -0.4 is 11.1 Å². The predicted molar refractivity (Wildman–Crippen MR) is 65.0 cm³/mol. The molecule has 2 fully saturated rings. The van der Waals surface area contributed by atoms with E-state index in [-0.39, 0.29) is 17.0 Å². The molecule has 0 aromatic rings. The van der Waals surface area contributed by atoms with E-state index in [1.807, 2.05) is 0 Å². The lowest BCUT2D eigenvalue weighted by Crippen LogP contribution is -2.55. The van der Waals surface area contributed by atoms with Crippen LogP contribution in [0.15, 0.2) is 0 Å². The largest absolute Gasteiger partial charge is 0.351 e. The van der Waals surface area contributed by atoms with Crippen molar-refractivity contribution >= 4 is 5.91 Å². The van der Waals surface area contributed by atoms with Gasteiger partial charge in [0.05, 0.1) is 0 Å². The van der Waals surface area contributed by atoms with Gasteiger partial charge in [-0.1, -0.05) is 19.8 Å². The van der Waals surface area contributed by atoms with Gasteiger partial charge in [-0.15, -0.1) is 0 Å². The maximum atomic E-state index is 12.0. The van der Waals surface area contributed by atoms with Crippen molar-refractivity contribution < 1.29 is 4.79 Å². The van der Waals surface area contributed by atoms with Gasteiger partial charge in [-0.25, -0.2) is 0 Å². The molecule has 2 saturated carbocycles. The van der Waals surface area contributed by atoms with Crippen molar-refractivity contribution in [1.82, 2.24) is 5.32 Å². The van der Waals surface area contributed by atoms with Crippen LogP contribution in [-0.2, 0) is 4.79 Å². The average Bonchev–Trinajstić information content (AvgIpc) is 2.58. The monoisotopic (exact) mass is 224 g/mol. The molecule has 2 aliphatic carbocycles. The zero-order valence-corrected chi connectivity index (χ0v) is 10.3. The Kier molecular flexibility index (Phi) is 3.24. The summed E-state index contributed by atoms with van der Waals surface area (Å²) in [6.07, 6.45) is 9.51. The number of amides is 1. The minimum atomic E-state index is -0.206. The highest BCUT2D eigenvalue weighted by Gasteiger charge is 2.38. The summed E-state index contributed by atoms with van der Waals surface area (Å²) in [7, 11) is 0. The summed E-state index contributed by atoms with van der Waals surface area (Å²) in [4.78, 5) is 12.0. The molecule has 0 radical (unpaired) electrons. The third-order valence-electron chi connectivity index (χ3n) is 4.50. The van der Waals surface area contributed by atoms with Gasteiger partial charge in [0.2, 0.25) is 5.91 Å². The zero-order chi connectivity index (χ0) is 11.6. The number of nitrogens with two attached hydrogens (primary N) is 1. The molecule has 0 aliphatic heterocycles. The Hall–Kier alpha value is -0.570. The van der Waals surface area contributed by atoms with E-state index in [0.717, 1.165) is 32.1 Å². The predicted octanol–water partition coefficient (Wildman–Crippen LogP) is 2.10. The molecule has 2 aliphatic rings. The molecule has 0 spiro atoms. The molecule has 16 heavy (non-hydrogen) atoms. The van der Waals surface area contributed by atoms with Gasteiger partial charge in [0.15, 0.2) is 0 Å². The summed E-state index contributed by atoms with van der Waals surface area (Å²) >= 11 is 0. The van der Waals surface area contributed by atoms with Crippen molar-refractivity contribution in [2.75, 3.05) is 0 Å². The first kappa shape index (κ1) is 11.9. The fraction of sp³-hybridized carbons (Fsp3) is 0.923. The lowest BCUT2D eigenvalue weighted by molar-refractivity contribution is -0.125. The number of carbonyl (C=O) groups excluding carboxylic acids is 1. The molecule has 0 saturated heterocycles. The molecule has 3 heteroatoms. The van der Waals surface area contributed by atoms with Crippen molar-refractivity contribution in [3.8, 4) is 0 Å². The van der Waals surface area contributed by atoms with E-state index in [1.165, 1.54) is 19.3 Å². The van der Waals surface area contributed by atoms with E-state index in [1.54, 1.807) is 0 Å². The number of hydrogen-bond acceptors (Lipinski definition) is 2. The van der Waals surface area contributed by atoms with Gasteiger partial charge in [-0.05, 0) is 38.5 Å². The van der Waals surface area contributed by atoms with Gasteiger partial charge in [-0.2, -0.15) is 0 Å². The van der Waals surface area contributed by atoms with Gasteiger partial charge in [0.25, 0.3) is 0 Å². The molecular weight excluding hydrogens is 200 g/mol. The highest BCUT2D eigenvalue weighted by molar-refractivity contribution is 5.78. The van der Waals surface area contributed by atoms with E-state index in [9.17, 15) is 4.79 Å². The first-order valence-corrected chi connectivity index (χ1v) is 6.67. The van der Waals surface area contributed by atoms with Crippen LogP contribution in [-0.4, -0.2) is 17.0 Å². The van der Waals surface area contributed by atoms with Gasteiger partial charge in [0, 0.05) is 17.5 Å². The molecule has 0 bridgehead atoms. The van der Waals surface area contributed by atoms with Crippen LogP contribution in [0, 0.1) is 0 Å². The maximum absolute atomic E-state index is 12.0. The Labute approximate surface area is 98.2 Å². The van der Waals surface area contributed by atoms with Crippen LogP contribution in [0.2, 0.25) is 0 Å². The normalized spacial score (nSPS) is 26.1. The molecule has 92 valence electrons. The molecule has 0 unspecified atom stereocenters. The van der Waals surface area contributed by atoms with Gasteiger partial charge in [-0.3, -0.25) is 4.79 Å². The molecule has 3 N–H and O–H groups in total. The summed E-state index contributed by atoms with van der Waals surface area (Å²) in [6.45, 7) is 2.16. The van der Waals surface area contributed by atoms with Crippen molar-refractivity contribution in [2.24, 2.45) is 5.73 Å². The van der Waals surface area contributed by atoms with E-state index >= 15 is 0 Å². The Morgan fingerprint density at radius 2 is 1.81 bits per heavy atom. The fourth-order valence-corrected chi connectivity index (χ4v) is 3.09. The van der Waals surface area contributed by atoms with E-state index in [0.29, 0.717) is 6.42 Å². The smallest absolute Gasteiger partial charge is 0.222 e. The summed E-state index contributed by atoms with van der Waals surface area (Å²) in [5, 5.41) is 3.21. The first-order valence-electron chi connectivity index (χ1n) is 6.67. The fourth-order valence-electron chi connectivity index (χ4n) is 3.09. The van der Waals surface area contributed by atoms with Gasteiger partial charge >= 0.3 is 0 Å². The molecule has 1 amide bonds. The Morgan fingerprint density at radius 1 is 1.19 bits per heavy atom. The maximum Gasteiger partial charge on any atom is 0.222 e. The molecule has 0 atom stereocenters. The minimum Gasteiger partial charge on any atom is -0.351 e. The number of rotatable bonds is 4. The third kappa shape index (κ3) is 2.40. The molecule has 0 aromatic heterocycles. The molecule has 0 aromatic carbocycles. The highest BCUT2D eigenvalue weighted by atomic mass is 16.1. The van der Waals surface area contributed by atoms with Crippen molar-refractivity contribution in [1.29, 1.82) is 0 Å². The lowest BCUT2D eigenvalue weighted by Gasteiger charge is -2.42. The van der Waals surface area contributed by atoms with Crippen LogP contribution >= 0.6 is 0 Å². The van der Waals surface area contributed by atoms with Crippen LogP contribution in [0.5, 0.6) is 0 Å². The standard InChI is InChI=1S/C13H24N2O/c1-2-13(8-5-9-13)15-11(16)10-12(14)6-3-4-7-12/h2-10,14H2,1H3,(H,15,16). The third-order valence-corrected chi connectivity index (χ3v) is 4.50. The Morgan fingerprint density at radius 3 is 2.25 bits per heavy atom. The first-order chi connectivity index (χ1) is 7.58. The second kappa shape index (κ2) is 4.36. The Bertz CT molecular complexity index is 254. The van der Waals surface area contributed by atoms with E-state index in [4.69, 9.17) is 5.73 Å². The highest BCUT2D eigenvalue weighted by Crippen LogP contribution is 2.35. The SMILES string of the molecule is CCC1(NC(=O)CC2(N)CCCC2)CCC1. The zero-order valence-electron chi connectivity index (χ0n) is 10.3. The molecule has 0 heterocycles. The number of carbonyl (C=O) groups is 1. The van der Waals surface area contributed by atoms with Crippen molar-refractivity contribution in [3.05, 3.63) is 0 Å². The van der Waals surface area contributed by atoms with Gasteiger partial charge in [0.1, 0.15) is 0 Å². The number of hydrogen-bond donors (Lipinski definition) is 2. The van der Waals surface area contributed by atoms with Crippen LogP contribution in [0.3, 0.4) is 0 Å².